The molecule has 0 aromatic carbocycles. The normalized spacial score (nSPS) is 12.1. The smallest absolute Gasteiger partial charge is 0.150 e. The summed E-state index contributed by atoms with van der Waals surface area (Å²) in [5.41, 5.74) is 11.0. The average Bonchev–Trinajstić information content (AvgIpc) is 3.06. The quantitative estimate of drug-likeness (QED) is 0.718. The topological polar surface area (TPSA) is 72.0 Å². The van der Waals surface area contributed by atoms with Gasteiger partial charge in [0.2, 0.25) is 0 Å². The molecule has 3 heterocycles. The van der Waals surface area contributed by atoms with Crippen LogP contribution in [0, 0.1) is 13.8 Å². The standard InChI is InChI=1S/C18H21N5/c1-4-5-6-7-8-14-11-15(21-12(14)2)16-17-18(19)20-9-10-23(17)13(3)22-16/h4-5,7-11,21H,6H2,1-3H3,(H2,19,20)/b5-4-,8-7?. The van der Waals surface area contributed by atoms with Crippen LogP contribution >= 0.6 is 0 Å². The van der Waals surface area contributed by atoms with Crippen LogP contribution in [0.15, 0.2) is 36.7 Å². The maximum Gasteiger partial charge on any atom is 0.150 e. The van der Waals surface area contributed by atoms with Crippen LogP contribution in [0.1, 0.15) is 30.4 Å². The molecule has 0 aliphatic heterocycles. The van der Waals surface area contributed by atoms with Crippen molar-refractivity contribution < 1.29 is 0 Å². The van der Waals surface area contributed by atoms with Gasteiger partial charge in [0.1, 0.15) is 22.9 Å². The van der Waals surface area contributed by atoms with Crippen LogP contribution < -0.4 is 5.73 Å². The van der Waals surface area contributed by atoms with E-state index in [4.69, 9.17) is 5.73 Å². The first kappa shape index (κ1) is 15.1. The minimum atomic E-state index is 0.487. The lowest BCUT2D eigenvalue weighted by molar-refractivity contribution is 1.03. The monoisotopic (exact) mass is 307 g/mol. The molecular weight excluding hydrogens is 286 g/mol. The summed E-state index contributed by atoms with van der Waals surface area (Å²) in [6, 6.07) is 2.11. The van der Waals surface area contributed by atoms with E-state index in [9.17, 15) is 0 Å². The lowest BCUT2D eigenvalue weighted by Crippen LogP contribution is -1.96. The molecule has 0 saturated heterocycles. The van der Waals surface area contributed by atoms with Gasteiger partial charge in [-0.25, -0.2) is 9.97 Å². The third-order valence-corrected chi connectivity index (χ3v) is 3.87. The Kier molecular flexibility index (Phi) is 4.02. The van der Waals surface area contributed by atoms with Crippen LogP contribution in [-0.2, 0) is 0 Å². The number of hydrogen-bond donors (Lipinski definition) is 2. The van der Waals surface area contributed by atoms with E-state index in [1.165, 1.54) is 0 Å². The summed E-state index contributed by atoms with van der Waals surface area (Å²) in [6.45, 7) is 6.05. The Morgan fingerprint density at radius 3 is 2.91 bits per heavy atom. The second-order valence-electron chi connectivity index (χ2n) is 5.51. The summed E-state index contributed by atoms with van der Waals surface area (Å²) >= 11 is 0. The molecule has 0 aliphatic rings. The zero-order valence-corrected chi connectivity index (χ0v) is 13.7. The van der Waals surface area contributed by atoms with Gasteiger partial charge in [0.15, 0.2) is 0 Å². The Morgan fingerprint density at radius 1 is 1.30 bits per heavy atom. The maximum absolute atomic E-state index is 6.06. The van der Waals surface area contributed by atoms with Crippen LogP contribution in [0.25, 0.3) is 23.0 Å². The number of hydrogen-bond acceptors (Lipinski definition) is 3. The summed E-state index contributed by atoms with van der Waals surface area (Å²) in [5.74, 6) is 1.38. The number of nitrogens with zero attached hydrogens (tertiary/aromatic N) is 3. The van der Waals surface area contributed by atoms with Crippen molar-refractivity contribution in [1.82, 2.24) is 19.4 Å². The maximum atomic E-state index is 6.06. The molecule has 0 bridgehead atoms. The molecule has 3 aromatic heterocycles. The average molecular weight is 307 g/mol. The molecule has 0 fully saturated rings. The van der Waals surface area contributed by atoms with Crippen molar-refractivity contribution in [2.75, 3.05) is 5.73 Å². The number of rotatable bonds is 4. The molecule has 3 rings (SSSR count). The predicted molar refractivity (Wildman–Crippen MR) is 95.1 cm³/mol. The number of imidazole rings is 1. The molecule has 0 atom stereocenters. The van der Waals surface area contributed by atoms with Gasteiger partial charge in [0, 0.05) is 18.1 Å². The Labute approximate surface area is 135 Å². The second-order valence-corrected chi connectivity index (χ2v) is 5.51. The van der Waals surface area contributed by atoms with E-state index in [0.717, 1.165) is 40.4 Å². The van der Waals surface area contributed by atoms with E-state index >= 15 is 0 Å². The Morgan fingerprint density at radius 2 is 2.13 bits per heavy atom. The molecule has 5 heteroatoms. The molecule has 0 aliphatic carbocycles. The van der Waals surface area contributed by atoms with Crippen LogP contribution in [0.3, 0.4) is 0 Å². The van der Waals surface area contributed by atoms with Crippen molar-refractivity contribution in [3.8, 4) is 11.4 Å². The minimum Gasteiger partial charge on any atom is -0.382 e. The van der Waals surface area contributed by atoms with Gasteiger partial charge < -0.3 is 10.7 Å². The summed E-state index contributed by atoms with van der Waals surface area (Å²) in [5, 5.41) is 0. The number of fused-ring (bicyclic) bond motifs is 1. The summed E-state index contributed by atoms with van der Waals surface area (Å²) in [7, 11) is 0. The number of aromatic amines is 1. The van der Waals surface area contributed by atoms with E-state index in [2.05, 4.69) is 52.2 Å². The van der Waals surface area contributed by atoms with E-state index in [1.54, 1.807) is 6.20 Å². The third-order valence-electron chi connectivity index (χ3n) is 3.87. The fourth-order valence-corrected chi connectivity index (χ4v) is 2.69. The number of anilines is 1. The summed E-state index contributed by atoms with van der Waals surface area (Å²) in [4.78, 5) is 12.3. The Balaban J connectivity index is 2.05. The van der Waals surface area contributed by atoms with E-state index in [-0.39, 0.29) is 0 Å². The fraction of sp³-hybridized carbons (Fsp3) is 0.222. The zero-order valence-electron chi connectivity index (χ0n) is 13.7. The van der Waals surface area contributed by atoms with Crippen LogP contribution in [0.4, 0.5) is 5.82 Å². The minimum absolute atomic E-state index is 0.487. The number of allylic oxidation sites excluding steroid dienone is 3. The summed E-state index contributed by atoms with van der Waals surface area (Å²) < 4.78 is 1.97. The van der Waals surface area contributed by atoms with Gasteiger partial charge in [-0.05, 0) is 38.8 Å². The van der Waals surface area contributed by atoms with Crippen LogP contribution in [0.2, 0.25) is 0 Å². The number of nitrogen functional groups attached to an aromatic ring is 1. The van der Waals surface area contributed by atoms with Crippen LogP contribution in [-0.4, -0.2) is 19.4 Å². The van der Waals surface area contributed by atoms with Crippen molar-refractivity contribution in [1.29, 1.82) is 0 Å². The first-order chi connectivity index (χ1) is 11.1. The lowest BCUT2D eigenvalue weighted by Gasteiger charge is -1.99. The molecule has 3 aromatic rings. The molecule has 0 radical (unpaired) electrons. The van der Waals surface area contributed by atoms with Crippen molar-refractivity contribution in [2.45, 2.75) is 27.2 Å². The molecule has 0 saturated carbocycles. The molecule has 5 nitrogen and oxygen atoms in total. The number of nitrogens with one attached hydrogen (secondary N) is 1. The number of aromatic nitrogens is 4. The predicted octanol–water partition coefficient (Wildman–Crippen LogP) is 3.90. The molecule has 3 N–H and O–H groups in total. The highest BCUT2D eigenvalue weighted by molar-refractivity contribution is 5.85. The van der Waals surface area contributed by atoms with Gasteiger partial charge in [-0.3, -0.25) is 4.40 Å². The van der Waals surface area contributed by atoms with Gasteiger partial charge >= 0.3 is 0 Å². The highest BCUT2D eigenvalue weighted by Gasteiger charge is 2.15. The molecule has 118 valence electrons. The highest BCUT2D eigenvalue weighted by atomic mass is 15.1. The number of H-pyrrole nitrogens is 1. The first-order valence-corrected chi connectivity index (χ1v) is 7.68. The van der Waals surface area contributed by atoms with Gasteiger partial charge in [-0.15, -0.1) is 0 Å². The number of aryl methyl sites for hydroxylation is 2. The van der Waals surface area contributed by atoms with Gasteiger partial charge in [-0.1, -0.05) is 24.3 Å². The Bertz CT molecular complexity index is 896. The van der Waals surface area contributed by atoms with Crippen LogP contribution in [0.5, 0.6) is 0 Å². The third kappa shape index (κ3) is 2.77. The molecule has 0 unspecified atom stereocenters. The molecular formula is C18H21N5. The van der Waals surface area contributed by atoms with Crippen molar-refractivity contribution in [3.63, 3.8) is 0 Å². The number of nitrogens with two attached hydrogens (primary N) is 1. The van der Waals surface area contributed by atoms with Gasteiger partial charge in [0.05, 0.1) is 5.69 Å². The van der Waals surface area contributed by atoms with Crippen molar-refractivity contribution in [2.24, 2.45) is 0 Å². The Hall–Kier alpha value is -2.82. The second kappa shape index (κ2) is 6.12. The highest BCUT2D eigenvalue weighted by Crippen LogP contribution is 2.29. The van der Waals surface area contributed by atoms with Gasteiger partial charge in [0.25, 0.3) is 0 Å². The van der Waals surface area contributed by atoms with Crippen molar-refractivity contribution in [3.05, 3.63) is 53.8 Å². The largest absolute Gasteiger partial charge is 0.382 e. The molecule has 23 heavy (non-hydrogen) atoms. The van der Waals surface area contributed by atoms with E-state index in [0.29, 0.717) is 5.82 Å². The molecule has 0 amide bonds. The fourth-order valence-electron chi connectivity index (χ4n) is 2.69. The van der Waals surface area contributed by atoms with E-state index in [1.807, 2.05) is 24.4 Å². The summed E-state index contributed by atoms with van der Waals surface area (Å²) in [6.07, 6.45) is 12.9. The lowest BCUT2D eigenvalue weighted by atomic mass is 10.2. The van der Waals surface area contributed by atoms with E-state index < -0.39 is 0 Å². The SMILES string of the molecule is C/C=C\CC=Cc1cc(-c2nc(C)n3ccnc(N)c23)[nH]c1C. The zero-order chi connectivity index (χ0) is 16.4. The molecule has 0 spiro atoms. The first-order valence-electron chi connectivity index (χ1n) is 7.68. The van der Waals surface area contributed by atoms with Crippen molar-refractivity contribution >= 4 is 17.4 Å². The van der Waals surface area contributed by atoms with Gasteiger partial charge in [-0.2, -0.15) is 0 Å².